The maximum absolute atomic E-state index is 11.7. The number of benzene rings is 1. The van der Waals surface area contributed by atoms with Gasteiger partial charge in [-0.3, -0.25) is 4.79 Å². The number of hydrogen-bond donors (Lipinski definition) is 1. The summed E-state index contributed by atoms with van der Waals surface area (Å²) in [5.74, 6) is 1.38. The predicted molar refractivity (Wildman–Crippen MR) is 74.1 cm³/mol. The van der Waals surface area contributed by atoms with E-state index in [0.717, 1.165) is 17.1 Å². The number of tetrazole rings is 1. The molecule has 1 heterocycles. The molecule has 1 N–H and O–H groups in total. The number of nitrogens with one attached hydrogen (secondary N) is 1. The summed E-state index contributed by atoms with van der Waals surface area (Å²) in [6.07, 6.45) is 2.03. The van der Waals surface area contributed by atoms with E-state index in [1.54, 1.807) is 14.2 Å². The molecule has 1 aromatic carbocycles. The molecular formula is C13H17N5O3. The minimum absolute atomic E-state index is 0.0995. The molecule has 21 heavy (non-hydrogen) atoms. The van der Waals surface area contributed by atoms with Crippen molar-refractivity contribution >= 4 is 5.91 Å². The number of hydrogen-bond acceptors (Lipinski definition) is 6. The summed E-state index contributed by atoms with van der Waals surface area (Å²) in [4.78, 5) is 11.7. The lowest BCUT2D eigenvalue weighted by Gasteiger charge is -2.11. The summed E-state index contributed by atoms with van der Waals surface area (Å²) in [6.45, 7) is 0.590. The fourth-order valence-corrected chi connectivity index (χ4v) is 1.87. The third-order valence-corrected chi connectivity index (χ3v) is 2.90. The molecule has 0 unspecified atom stereocenters. The second-order valence-corrected chi connectivity index (χ2v) is 4.29. The van der Waals surface area contributed by atoms with Crippen molar-refractivity contribution in [3.8, 4) is 11.5 Å². The molecule has 8 nitrogen and oxygen atoms in total. The van der Waals surface area contributed by atoms with Crippen LogP contribution in [0.1, 0.15) is 5.56 Å². The van der Waals surface area contributed by atoms with Crippen LogP contribution in [0.2, 0.25) is 0 Å². The van der Waals surface area contributed by atoms with Gasteiger partial charge >= 0.3 is 0 Å². The Morgan fingerprint density at radius 1 is 1.33 bits per heavy atom. The van der Waals surface area contributed by atoms with Gasteiger partial charge in [-0.05, 0) is 40.6 Å². The molecule has 8 heteroatoms. The smallest absolute Gasteiger partial charge is 0.241 e. The minimum Gasteiger partial charge on any atom is -0.497 e. The quantitative estimate of drug-likeness (QED) is 0.775. The molecule has 0 aliphatic rings. The molecule has 2 aromatic rings. The van der Waals surface area contributed by atoms with E-state index in [4.69, 9.17) is 9.47 Å². The van der Waals surface area contributed by atoms with Crippen molar-refractivity contribution in [1.29, 1.82) is 0 Å². The van der Waals surface area contributed by atoms with E-state index in [1.807, 2.05) is 18.2 Å². The highest BCUT2D eigenvalue weighted by molar-refractivity contribution is 5.75. The van der Waals surface area contributed by atoms with Crippen LogP contribution in [0, 0.1) is 0 Å². The molecule has 1 aromatic heterocycles. The van der Waals surface area contributed by atoms with E-state index < -0.39 is 0 Å². The summed E-state index contributed by atoms with van der Waals surface area (Å²) >= 11 is 0. The largest absolute Gasteiger partial charge is 0.497 e. The van der Waals surface area contributed by atoms with Crippen molar-refractivity contribution < 1.29 is 14.3 Å². The fraction of sp³-hybridized carbons (Fsp3) is 0.385. The molecular weight excluding hydrogens is 274 g/mol. The summed E-state index contributed by atoms with van der Waals surface area (Å²) in [7, 11) is 3.22. The van der Waals surface area contributed by atoms with Crippen molar-refractivity contribution in [2.24, 2.45) is 0 Å². The van der Waals surface area contributed by atoms with Gasteiger partial charge in [0, 0.05) is 6.54 Å². The molecule has 1 amide bonds. The molecule has 0 bridgehead atoms. The zero-order valence-corrected chi connectivity index (χ0v) is 11.9. The van der Waals surface area contributed by atoms with E-state index in [1.165, 1.54) is 11.0 Å². The molecule has 0 saturated carbocycles. The fourth-order valence-electron chi connectivity index (χ4n) is 1.87. The molecule has 112 valence electrons. The third-order valence-electron chi connectivity index (χ3n) is 2.90. The van der Waals surface area contributed by atoms with Gasteiger partial charge in [0.1, 0.15) is 24.4 Å². The van der Waals surface area contributed by atoms with Crippen LogP contribution in [-0.4, -0.2) is 46.9 Å². The Hall–Kier alpha value is -2.64. The summed E-state index contributed by atoms with van der Waals surface area (Å²) in [5, 5.41) is 13.4. The van der Waals surface area contributed by atoms with E-state index >= 15 is 0 Å². The average molecular weight is 291 g/mol. The van der Waals surface area contributed by atoms with Crippen LogP contribution in [0.5, 0.6) is 11.5 Å². The number of nitrogens with zero attached hydrogens (tertiary/aromatic N) is 4. The first-order valence-corrected chi connectivity index (χ1v) is 6.41. The number of amides is 1. The SMILES string of the molecule is COc1ccc(OC)c(CCNC(=O)Cn2cnnn2)c1. The monoisotopic (exact) mass is 291 g/mol. The number of carbonyl (C=O) groups is 1. The van der Waals surface area contributed by atoms with Crippen LogP contribution in [-0.2, 0) is 17.8 Å². The highest BCUT2D eigenvalue weighted by Gasteiger charge is 2.07. The lowest BCUT2D eigenvalue weighted by Crippen LogP contribution is -2.29. The van der Waals surface area contributed by atoms with Gasteiger partial charge in [-0.2, -0.15) is 0 Å². The van der Waals surface area contributed by atoms with Crippen LogP contribution in [0.25, 0.3) is 0 Å². The van der Waals surface area contributed by atoms with Crippen molar-refractivity contribution in [3.63, 3.8) is 0 Å². The van der Waals surface area contributed by atoms with Gasteiger partial charge in [0.25, 0.3) is 0 Å². The maximum Gasteiger partial charge on any atom is 0.241 e. The Morgan fingerprint density at radius 2 is 2.19 bits per heavy atom. The highest BCUT2D eigenvalue weighted by atomic mass is 16.5. The first-order valence-electron chi connectivity index (χ1n) is 6.41. The van der Waals surface area contributed by atoms with Gasteiger partial charge in [-0.1, -0.05) is 0 Å². The molecule has 0 aliphatic carbocycles. The van der Waals surface area contributed by atoms with Crippen molar-refractivity contribution in [1.82, 2.24) is 25.5 Å². The van der Waals surface area contributed by atoms with Crippen molar-refractivity contribution in [2.75, 3.05) is 20.8 Å². The predicted octanol–water partition coefficient (Wildman–Crippen LogP) is 0.0492. The van der Waals surface area contributed by atoms with Gasteiger partial charge in [0.05, 0.1) is 14.2 Å². The Bertz CT molecular complexity index is 585. The van der Waals surface area contributed by atoms with E-state index in [0.29, 0.717) is 13.0 Å². The molecule has 0 saturated heterocycles. The normalized spacial score (nSPS) is 10.2. The summed E-state index contributed by atoms with van der Waals surface area (Å²) < 4.78 is 11.8. The number of ether oxygens (including phenoxy) is 2. The van der Waals surface area contributed by atoms with E-state index in [2.05, 4.69) is 20.8 Å². The molecule has 2 rings (SSSR count). The van der Waals surface area contributed by atoms with Gasteiger partial charge in [-0.15, -0.1) is 5.10 Å². The lowest BCUT2D eigenvalue weighted by molar-refractivity contribution is -0.121. The summed E-state index contributed by atoms with van der Waals surface area (Å²) in [5.41, 5.74) is 0.972. The standard InChI is InChI=1S/C13H17N5O3/c1-20-11-3-4-12(21-2)10(7-11)5-6-14-13(19)8-18-9-15-16-17-18/h3-4,7,9H,5-6,8H2,1-2H3,(H,14,19). The number of rotatable bonds is 7. The topological polar surface area (TPSA) is 91.2 Å². The zero-order chi connectivity index (χ0) is 15.1. The second-order valence-electron chi connectivity index (χ2n) is 4.29. The number of carbonyl (C=O) groups excluding carboxylic acids is 1. The lowest BCUT2D eigenvalue weighted by atomic mass is 10.1. The first kappa shape index (κ1) is 14.8. The summed E-state index contributed by atoms with van der Waals surface area (Å²) in [6, 6.07) is 5.57. The Balaban J connectivity index is 1.86. The third kappa shape index (κ3) is 4.16. The second kappa shape index (κ2) is 7.22. The molecule has 0 radical (unpaired) electrons. The Morgan fingerprint density at radius 3 is 2.86 bits per heavy atom. The Kier molecular flexibility index (Phi) is 5.08. The van der Waals surface area contributed by atoms with Gasteiger partial charge < -0.3 is 14.8 Å². The minimum atomic E-state index is -0.149. The molecule has 0 aliphatic heterocycles. The maximum atomic E-state index is 11.7. The van der Waals surface area contributed by atoms with Crippen LogP contribution in [0.15, 0.2) is 24.5 Å². The number of methoxy groups -OCH3 is 2. The zero-order valence-electron chi connectivity index (χ0n) is 11.9. The molecule has 0 spiro atoms. The van der Waals surface area contributed by atoms with E-state index in [-0.39, 0.29) is 12.5 Å². The van der Waals surface area contributed by atoms with Crippen molar-refractivity contribution in [3.05, 3.63) is 30.1 Å². The van der Waals surface area contributed by atoms with Crippen LogP contribution in [0.3, 0.4) is 0 Å². The van der Waals surface area contributed by atoms with Crippen LogP contribution >= 0.6 is 0 Å². The van der Waals surface area contributed by atoms with Crippen LogP contribution in [0.4, 0.5) is 0 Å². The Labute approximate surface area is 122 Å². The first-order chi connectivity index (χ1) is 10.2. The highest BCUT2D eigenvalue weighted by Crippen LogP contribution is 2.23. The van der Waals surface area contributed by atoms with Crippen LogP contribution < -0.4 is 14.8 Å². The van der Waals surface area contributed by atoms with E-state index in [9.17, 15) is 4.79 Å². The van der Waals surface area contributed by atoms with Gasteiger partial charge in [0.15, 0.2) is 0 Å². The number of aromatic nitrogens is 4. The molecule has 0 fully saturated rings. The van der Waals surface area contributed by atoms with Crippen molar-refractivity contribution in [2.45, 2.75) is 13.0 Å². The van der Waals surface area contributed by atoms with Gasteiger partial charge in [0.2, 0.25) is 5.91 Å². The van der Waals surface area contributed by atoms with Gasteiger partial charge in [-0.25, -0.2) is 4.68 Å². The molecule has 0 atom stereocenters. The average Bonchev–Trinajstić information content (AvgIpc) is 3.00.